The minimum atomic E-state index is 0.0543. The Morgan fingerprint density at radius 3 is 2.70 bits per heavy atom. The fraction of sp³-hybridized carbons (Fsp3) is 0.316. The highest BCUT2D eigenvalue weighted by Gasteiger charge is 2.28. The molecule has 4 rings (SSSR count). The van der Waals surface area contributed by atoms with Crippen molar-refractivity contribution in [2.45, 2.75) is 13.3 Å². The number of rotatable bonds is 6. The molecule has 1 fully saturated rings. The van der Waals surface area contributed by atoms with E-state index in [1.54, 1.807) is 29.9 Å². The van der Waals surface area contributed by atoms with Crippen molar-refractivity contribution in [1.82, 2.24) is 25.5 Å². The Bertz CT molecular complexity index is 905. The molecule has 0 spiro atoms. The number of hydrogen-bond donors (Lipinski definition) is 1. The first-order chi connectivity index (χ1) is 13.2. The van der Waals surface area contributed by atoms with Gasteiger partial charge in [0, 0.05) is 54.6 Å². The molecule has 4 heterocycles. The van der Waals surface area contributed by atoms with Crippen LogP contribution in [-0.2, 0) is 11.2 Å². The third-order valence-corrected chi connectivity index (χ3v) is 5.41. The van der Waals surface area contributed by atoms with Gasteiger partial charge >= 0.3 is 0 Å². The summed E-state index contributed by atoms with van der Waals surface area (Å²) in [5.74, 6) is 1.37. The lowest BCUT2D eigenvalue weighted by Gasteiger charge is -2.39. The molecule has 3 aromatic rings. The molecule has 1 aliphatic heterocycles. The molecule has 0 radical (unpaired) electrons. The van der Waals surface area contributed by atoms with Crippen LogP contribution in [-0.4, -0.2) is 45.7 Å². The van der Waals surface area contributed by atoms with Gasteiger partial charge in [0.1, 0.15) is 0 Å². The average Bonchev–Trinajstić information content (AvgIpc) is 3.06. The van der Waals surface area contributed by atoms with E-state index in [2.05, 4.69) is 30.4 Å². The van der Waals surface area contributed by atoms with Gasteiger partial charge in [-0.1, -0.05) is 0 Å². The van der Waals surface area contributed by atoms with Crippen LogP contribution in [0.3, 0.4) is 0 Å². The highest BCUT2D eigenvalue weighted by Crippen LogP contribution is 2.23. The van der Waals surface area contributed by atoms with Gasteiger partial charge in [-0.2, -0.15) is 0 Å². The summed E-state index contributed by atoms with van der Waals surface area (Å²) in [5, 5.41) is 12.6. The van der Waals surface area contributed by atoms with Crippen molar-refractivity contribution in [3.8, 4) is 11.3 Å². The molecule has 1 amide bonds. The molecule has 8 heteroatoms. The van der Waals surface area contributed by atoms with E-state index in [1.165, 1.54) is 0 Å². The number of carbonyl (C=O) groups excluding carboxylic acids is 1. The summed E-state index contributed by atoms with van der Waals surface area (Å²) in [6.45, 7) is 4.39. The van der Waals surface area contributed by atoms with Crippen LogP contribution in [0.25, 0.3) is 11.3 Å². The SMILES string of the molecule is Cc1ncc(CC(=O)NCC2CN(c3ccc(-c4ccncc4)nn3)C2)s1. The van der Waals surface area contributed by atoms with Crippen molar-refractivity contribution >= 4 is 23.1 Å². The summed E-state index contributed by atoms with van der Waals surface area (Å²) in [6.07, 6.45) is 5.67. The first-order valence-corrected chi connectivity index (χ1v) is 9.66. The van der Waals surface area contributed by atoms with E-state index in [9.17, 15) is 4.79 Å². The summed E-state index contributed by atoms with van der Waals surface area (Å²) < 4.78 is 0. The van der Waals surface area contributed by atoms with Gasteiger partial charge in [0.2, 0.25) is 5.91 Å². The zero-order valence-corrected chi connectivity index (χ0v) is 15.8. The minimum Gasteiger partial charge on any atom is -0.355 e. The van der Waals surface area contributed by atoms with E-state index >= 15 is 0 Å². The highest BCUT2D eigenvalue weighted by molar-refractivity contribution is 7.11. The Morgan fingerprint density at radius 2 is 2.04 bits per heavy atom. The van der Waals surface area contributed by atoms with Gasteiger partial charge in [-0.25, -0.2) is 4.98 Å². The van der Waals surface area contributed by atoms with Gasteiger partial charge in [0.15, 0.2) is 5.82 Å². The van der Waals surface area contributed by atoms with E-state index < -0.39 is 0 Å². The third kappa shape index (κ3) is 4.28. The van der Waals surface area contributed by atoms with Gasteiger partial charge in [-0.05, 0) is 31.2 Å². The molecular weight excluding hydrogens is 360 g/mol. The van der Waals surface area contributed by atoms with Gasteiger partial charge in [-0.3, -0.25) is 9.78 Å². The van der Waals surface area contributed by atoms with Crippen molar-refractivity contribution in [1.29, 1.82) is 0 Å². The predicted molar refractivity (Wildman–Crippen MR) is 105 cm³/mol. The maximum atomic E-state index is 12.0. The molecule has 0 unspecified atom stereocenters. The number of pyridine rings is 1. The van der Waals surface area contributed by atoms with Gasteiger partial charge in [-0.15, -0.1) is 21.5 Å². The molecular formula is C19H20N6OS. The summed E-state index contributed by atoms with van der Waals surface area (Å²) in [7, 11) is 0. The Balaban J connectivity index is 1.23. The smallest absolute Gasteiger partial charge is 0.225 e. The van der Waals surface area contributed by atoms with E-state index in [-0.39, 0.29) is 5.91 Å². The molecule has 0 aliphatic carbocycles. The Kier molecular flexibility index (Phi) is 5.06. The lowest BCUT2D eigenvalue weighted by molar-refractivity contribution is -0.120. The number of nitrogens with zero attached hydrogens (tertiary/aromatic N) is 5. The third-order valence-electron chi connectivity index (χ3n) is 4.50. The topological polar surface area (TPSA) is 83.9 Å². The second kappa shape index (κ2) is 7.79. The van der Waals surface area contributed by atoms with E-state index in [0.717, 1.165) is 40.0 Å². The fourth-order valence-corrected chi connectivity index (χ4v) is 3.82. The normalized spacial score (nSPS) is 14.0. The van der Waals surface area contributed by atoms with Crippen molar-refractivity contribution in [3.63, 3.8) is 0 Å². The highest BCUT2D eigenvalue weighted by atomic mass is 32.1. The molecule has 3 aromatic heterocycles. The van der Waals surface area contributed by atoms with Crippen molar-refractivity contribution in [2.75, 3.05) is 24.5 Å². The quantitative estimate of drug-likeness (QED) is 0.705. The number of nitrogens with one attached hydrogen (secondary N) is 1. The second-order valence-corrected chi connectivity index (χ2v) is 7.93. The number of carbonyl (C=O) groups is 1. The predicted octanol–water partition coefficient (Wildman–Crippen LogP) is 2.10. The molecule has 1 saturated heterocycles. The van der Waals surface area contributed by atoms with Gasteiger partial charge in [0.05, 0.1) is 17.1 Å². The summed E-state index contributed by atoms with van der Waals surface area (Å²) in [5.41, 5.74) is 1.84. The minimum absolute atomic E-state index is 0.0543. The number of aromatic nitrogens is 4. The Hall–Kier alpha value is -2.87. The van der Waals surface area contributed by atoms with Crippen LogP contribution in [0.4, 0.5) is 5.82 Å². The summed E-state index contributed by atoms with van der Waals surface area (Å²) in [4.78, 5) is 23.4. The van der Waals surface area contributed by atoms with Gasteiger partial charge < -0.3 is 10.2 Å². The zero-order chi connectivity index (χ0) is 18.6. The summed E-state index contributed by atoms with van der Waals surface area (Å²) in [6, 6.07) is 7.80. The monoisotopic (exact) mass is 380 g/mol. The van der Waals surface area contributed by atoms with Gasteiger partial charge in [0.25, 0.3) is 0 Å². The first-order valence-electron chi connectivity index (χ1n) is 8.84. The number of hydrogen-bond acceptors (Lipinski definition) is 7. The van der Waals surface area contributed by atoms with Crippen molar-refractivity contribution in [3.05, 3.63) is 52.7 Å². The van der Waals surface area contributed by atoms with Crippen LogP contribution in [0.1, 0.15) is 9.88 Å². The number of thiazole rings is 1. The number of amides is 1. The van der Waals surface area contributed by atoms with Crippen LogP contribution >= 0.6 is 11.3 Å². The molecule has 1 N–H and O–H groups in total. The largest absolute Gasteiger partial charge is 0.355 e. The molecule has 0 saturated carbocycles. The van der Waals surface area contributed by atoms with E-state index in [0.29, 0.717) is 18.9 Å². The maximum absolute atomic E-state index is 12.0. The molecule has 138 valence electrons. The average molecular weight is 380 g/mol. The first kappa shape index (κ1) is 17.5. The van der Waals surface area contributed by atoms with Crippen LogP contribution in [0.2, 0.25) is 0 Å². The van der Waals surface area contributed by atoms with Crippen LogP contribution in [0.15, 0.2) is 42.9 Å². The lowest BCUT2D eigenvalue weighted by atomic mass is 10.00. The molecule has 0 atom stereocenters. The van der Waals surface area contributed by atoms with Crippen LogP contribution in [0, 0.1) is 12.8 Å². The number of aryl methyl sites for hydroxylation is 1. The van der Waals surface area contributed by atoms with Crippen molar-refractivity contribution < 1.29 is 4.79 Å². The van der Waals surface area contributed by atoms with Crippen LogP contribution in [0.5, 0.6) is 0 Å². The Morgan fingerprint density at radius 1 is 1.22 bits per heavy atom. The second-order valence-electron chi connectivity index (χ2n) is 6.61. The number of anilines is 1. The Labute approximate surface area is 161 Å². The lowest BCUT2D eigenvalue weighted by Crippen LogP contribution is -2.52. The standard InChI is InChI=1S/C19H20N6OS/c1-13-21-10-16(27-13)8-19(26)22-9-14-11-25(12-14)18-3-2-17(23-24-18)15-4-6-20-7-5-15/h2-7,10,14H,8-9,11-12H2,1H3,(H,22,26). The van der Waals surface area contributed by atoms with E-state index in [4.69, 9.17) is 0 Å². The molecule has 1 aliphatic rings. The molecule has 0 aromatic carbocycles. The van der Waals surface area contributed by atoms with E-state index in [1.807, 2.05) is 31.2 Å². The zero-order valence-electron chi connectivity index (χ0n) is 15.0. The summed E-state index contributed by atoms with van der Waals surface area (Å²) >= 11 is 1.57. The molecule has 27 heavy (non-hydrogen) atoms. The molecule has 0 bridgehead atoms. The fourth-order valence-electron chi connectivity index (χ4n) is 3.02. The van der Waals surface area contributed by atoms with Crippen LogP contribution < -0.4 is 10.2 Å². The van der Waals surface area contributed by atoms with Crippen molar-refractivity contribution in [2.24, 2.45) is 5.92 Å². The maximum Gasteiger partial charge on any atom is 0.225 e. The molecule has 7 nitrogen and oxygen atoms in total.